The monoisotopic (exact) mass is 114 g/mol. The molecule has 0 fully saturated rings. The highest BCUT2D eigenvalue weighted by molar-refractivity contribution is 5.82. The lowest BCUT2D eigenvalue weighted by Gasteiger charge is -1.93. The second-order valence-corrected chi connectivity index (χ2v) is 1.73. The number of hydrazone groups is 1. The smallest absolute Gasteiger partial charge is 0.328 e. The Morgan fingerprint density at radius 1 is 1.75 bits per heavy atom. The lowest BCUT2D eigenvalue weighted by Crippen LogP contribution is -2.00. The fraction of sp³-hybridized carbons (Fsp3) is 0.800. The second-order valence-electron chi connectivity index (χ2n) is 1.73. The summed E-state index contributed by atoms with van der Waals surface area (Å²) < 4.78 is 5.03. The van der Waals surface area contributed by atoms with Crippen LogP contribution in [0.5, 0.6) is 0 Å². The lowest BCUT2D eigenvalue weighted by molar-refractivity contribution is 0.301. The number of rotatable bonds is 3. The largest absolute Gasteiger partial charge is 0.463 e. The van der Waals surface area contributed by atoms with E-state index in [1.54, 1.807) is 0 Å². The number of amidine groups is 1. The Morgan fingerprint density at radius 2 is 2.50 bits per heavy atom. The van der Waals surface area contributed by atoms with Gasteiger partial charge in [-0.2, -0.15) is 0 Å². The first-order valence-electron chi connectivity index (χ1n) is 2.90. The molecular weight excluding hydrogens is 104 g/mol. The Hall–Kier alpha value is -0.730. The Balaban J connectivity index is 1.81. The highest BCUT2D eigenvalue weighted by Gasteiger charge is 2.08. The van der Waals surface area contributed by atoms with Crippen molar-refractivity contribution in [3.8, 4) is 0 Å². The number of hydrogen-bond acceptors (Lipinski definition) is 3. The highest BCUT2D eigenvalue weighted by atomic mass is 16.5. The van der Waals surface area contributed by atoms with Crippen LogP contribution < -0.4 is 5.43 Å². The van der Waals surface area contributed by atoms with Gasteiger partial charge < -0.3 is 4.74 Å². The van der Waals surface area contributed by atoms with Crippen LogP contribution in [-0.4, -0.2) is 12.6 Å². The van der Waals surface area contributed by atoms with Crippen molar-refractivity contribution in [1.29, 1.82) is 0 Å². The predicted octanol–water partition coefficient (Wildman–Crippen LogP) is 0.677. The standard InChI is InChI=1S/C5H10N2O/c1-2-3-4-8-5-6-7-5/h2-4H2,1H3,(H,6,7). The van der Waals surface area contributed by atoms with Gasteiger partial charge in [0, 0.05) is 0 Å². The summed E-state index contributed by atoms with van der Waals surface area (Å²) in [6.07, 6.45) is 2.29. The van der Waals surface area contributed by atoms with Crippen LogP contribution in [0.15, 0.2) is 5.10 Å². The van der Waals surface area contributed by atoms with Crippen molar-refractivity contribution in [2.75, 3.05) is 6.61 Å². The predicted molar refractivity (Wildman–Crippen MR) is 31.4 cm³/mol. The minimum absolute atomic E-state index is 0.693. The molecule has 0 atom stereocenters. The number of unbranched alkanes of at least 4 members (excludes halogenated alkanes) is 1. The van der Waals surface area contributed by atoms with Crippen molar-refractivity contribution in [3.05, 3.63) is 0 Å². The number of nitrogens with zero attached hydrogens (tertiary/aromatic N) is 1. The molecule has 0 aromatic carbocycles. The second kappa shape index (κ2) is 2.55. The van der Waals surface area contributed by atoms with E-state index in [1.165, 1.54) is 6.42 Å². The molecule has 0 amide bonds. The normalized spacial score (nSPS) is 14.4. The zero-order valence-electron chi connectivity index (χ0n) is 4.98. The van der Waals surface area contributed by atoms with Crippen LogP contribution in [0.2, 0.25) is 0 Å². The quantitative estimate of drug-likeness (QED) is 0.548. The molecule has 0 bridgehead atoms. The Morgan fingerprint density at radius 3 is 3.00 bits per heavy atom. The van der Waals surface area contributed by atoms with E-state index in [0.717, 1.165) is 13.0 Å². The summed E-state index contributed by atoms with van der Waals surface area (Å²) in [5.74, 6) is 0. The average Bonchev–Trinajstić information content (AvgIpc) is 2.51. The van der Waals surface area contributed by atoms with Gasteiger partial charge in [-0.25, -0.2) is 5.43 Å². The molecule has 1 aliphatic heterocycles. The van der Waals surface area contributed by atoms with Gasteiger partial charge in [0.25, 0.3) is 0 Å². The van der Waals surface area contributed by atoms with Gasteiger partial charge in [0.2, 0.25) is 0 Å². The van der Waals surface area contributed by atoms with Crippen LogP contribution >= 0.6 is 0 Å². The molecule has 8 heavy (non-hydrogen) atoms. The fourth-order valence-corrected chi connectivity index (χ4v) is 0.401. The maximum absolute atomic E-state index is 5.03. The molecule has 0 radical (unpaired) electrons. The summed E-state index contributed by atoms with van der Waals surface area (Å²) in [7, 11) is 0. The summed E-state index contributed by atoms with van der Waals surface area (Å²) in [5.41, 5.74) is 2.61. The third-order valence-corrected chi connectivity index (χ3v) is 0.940. The molecule has 46 valence electrons. The van der Waals surface area contributed by atoms with Crippen LogP contribution in [-0.2, 0) is 4.74 Å². The van der Waals surface area contributed by atoms with Gasteiger partial charge in [-0.3, -0.25) is 0 Å². The molecule has 0 aromatic heterocycles. The fourth-order valence-electron chi connectivity index (χ4n) is 0.401. The third kappa shape index (κ3) is 1.82. The first kappa shape index (κ1) is 5.41. The SMILES string of the molecule is CCCCOC1=NN1. The molecule has 1 heterocycles. The summed E-state index contributed by atoms with van der Waals surface area (Å²) in [6.45, 7) is 2.92. The maximum atomic E-state index is 5.03. The molecule has 0 aliphatic carbocycles. The highest BCUT2D eigenvalue weighted by Crippen LogP contribution is 1.92. The first-order chi connectivity index (χ1) is 3.93. The summed E-state index contributed by atoms with van der Waals surface area (Å²) in [5, 5.41) is 3.62. The molecule has 1 rings (SSSR count). The van der Waals surface area contributed by atoms with Crippen molar-refractivity contribution >= 4 is 6.02 Å². The zero-order valence-corrected chi connectivity index (χ0v) is 4.98. The van der Waals surface area contributed by atoms with Crippen LogP contribution in [0.4, 0.5) is 0 Å². The van der Waals surface area contributed by atoms with Gasteiger partial charge in [-0.15, -0.1) is 5.10 Å². The summed E-state index contributed by atoms with van der Waals surface area (Å²) in [6, 6.07) is 0.693. The molecule has 3 nitrogen and oxygen atoms in total. The Bertz CT molecular complexity index is 101. The van der Waals surface area contributed by atoms with Crippen molar-refractivity contribution in [1.82, 2.24) is 5.43 Å². The van der Waals surface area contributed by atoms with Crippen molar-refractivity contribution < 1.29 is 4.74 Å². The average molecular weight is 114 g/mol. The van der Waals surface area contributed by atoms with Gasteiger partial charge in [-0.05, 0) is 6.42 Å². The number of ether oxygens (including phenoxy) is 1. The molecule has 3 heteroatoms. The van der Waals surface area contributed by atoms with Gasteiger partial charge in [0.15, 0.2) is 0 Å². The zero-order chi connectivity index (χ0) is 5.82. The molecule has 1 aliphatic rings. The first-order valence-corrected chi connectivity index (χ1v) is 2.90. The van der Waals surface area contributed by atoms with E-state index in [2.05, 4.69) is 17.5 Å². The van der Waals surface area contributed by atoms with Crippen molar-refractivity contribution in [2.24, 2.45) is 5.10 Å². The molecule has 0 saturated carbocycles. The minimum Gasteiger partial charge on any atom is -0.463 e. The molecule has 0 saturated heterocycles. The lowest BCUT2D eigenvalue weighted by atomic mass is 10.4. The molecule has 0 aromatic rings. The molecule has 0 spiro atoms. The van der Waals surface area contributed by atoms with Gasteiger partial charge in [-0.1, -0.05) is 13.3 Å². The number of hydrogen-bond donors (Lipinski definition) is 1. The van der Waals surface area contributed by atoms with E-state index < -0.39 is 0 Å². The topological polar surface area (TPSA) is 43.5 Å². The maximum Gasteiger partial charge on any atom is 0.328 e. The Kier molecular flexibility index (Phi) is 1.72. The van der Waals surface area contributed by atoms with E-state index in [0.29, 0.717) is 6.02 Å². The summed E-state index contributed by atoms with van der Waals surface area (Å²) >= 11 is 0. The minimum atomic E-state index is 0.693. The van der Waals surface area contributed by atoms with Gasteiger partial charge in [0.05, 0.1) is 6.61 Å². The van der Waals surface area contributed by atoms with Crippen molar-refractivity contribution in [3.63, 3.8) is 0 Å². The van der Waals surface area contributed by atoms with Crippen LogP contribution in [0.3, 0.4) is 0 Å². The Labute approximate surface area is 48.7 Å². The van der Waals surface area contributed by atoms with E-state index in [1.807, 2.05) is 0 Å². The van der Waals surface area contributed by atoms with E-state index >= 15 is 0 Å². The van der Waals surface area contributed by atoms with E-state index in [4.69, 9.17) is 4.74 Å². The van der Waals surface area contributed by atoms with Crippen LogP contribution in [0.25, 0.3) is 0 Å². The summed E-state index contributed by atoms with van der Waals surface area (Å²) in [4.78, 5) is 0. The van der Waals surface area contributed by atoms with E-state index in [9.17, 15) is 0 Å². The van der Waals surface area contributed by atoms with Gasteiger partial charge >= 0.3 is 6.02 Å². The van der Waals surface area contributed by atoms with Crippen LogP contribution in [0.1, 0.15) is 19.8 Å². The molecule has 0 unspecified atom stereocenters. The van der Waals surface area contributed by atoms with Crippen molar-refractivity contribution in [2.45, 2.75) is 19.8 Å². The van der Waals surface area contributed by atoms with E-state index in [-0.39, 0.29) is 0 Å². The number of nitrogens with one attached hydrogen (secondary N) is 1. The molecule has 1 N–H and O–H groups in total. The van der Waals surface area contributed by atoms with Crippen LogP contribution in [0, 0.1) is 0 Å². The third-order valence-electron chi connectivity index (χ3n) is 0.940. The molecular formula is C5H10N2O. The van der Waals surface area contributed by atoms with Gasteiger partial charge in [0.1, 0.15) is 0 Å².